The molecule has 34 heavy (non-hydrogen) atoms. The Bertz CT molecular complexity index is 1170. The molecule has 9 heteroatoms. The fraction of sp³-hybridized carbons (Fsp3) is 0.360. The van der Waals surface area contributed by atoms with E-state index in [1.165, 1.54) is 0 Å². The maximum atomic E-state index is 12.0. The molecule has 2 heterocycles. The number of halogens is 1. The van der Waals surface area contributed by atoms with Crippen LogP contribution in [0.5, 0.6) is 5.75 Å². The molecule has 0 aliphatic carbocycles. The minimum Gasteiger partial charge on any atom is -0.494 e. The molecular weight excluding hydrogens is 456 g/mol. The van der Waals surface area contributed by atoms with Gasteiger partial charge in [-0.3, -0.25) is 4.90 Å². The molecule has 1 amide bonds. The summed E-state index contributed by atoms with van der Waals surface area (Å²) < 4.78 is 12.7. The normalized spacial score (nSPS) is 14.5. The minimum atomic E-state index is -0.889. The molecule has 0 saturated heterocycles. The van der Waals surface area contributed by atoms with Gasteiger partial charge in [0.15, 0.2) is 0 Å². The van der Waals surface area contributed by atoms with Crippen LogP contribution < -0.4 is 10.1 Å². The lowest BCUT2D eigenvalue weighted by atomic mass is 10.1. The highest BCUT2D eigenvalue weighted by Gasteiger charge is 2.32. The van der Waals surface area contributed by atoms with Crippen LogP contribution in [0.3, 0.4) is 0 Å². The maximum Gasteiger partial charge on any atom is 0.407 e. The zero-order valence-electron chi connectivity index (χ0n) is 19.7. The molecular formula is C25H29ClN4O4. The Morgan fingerprint density at radius 1 is 1.18 bits per heavy atom. The number of alkyl carbamates (subject to hydrolysis) is 1. The molecule has 0 spiro atoms. The Balaban J connectivity index is 1.61. The number of para-hydroxylation sites is 2. The lowest BCUT2D eigenvalue weighted by Gasteiger charge is -2.25. The molecule has 1 atom stereocenters. The van der Waals surface area contributed by atoms with Crippen molar-refractivity contribution < 1.29 is 19.4 Å². The summed E-state index contributed by atoms with van der Waals surface area (Å²) in [4.78, 5) is 13.8. The lowest BCUT2D eigenvalue weighted by molar-refractivity contribution is -0.00393. The summed E-state index contributed by atoms with van der Waals surface area (Å²) in [6.07, 6.45) is -1.45. The Morgan fingerprint density at radius 3 is 2.56 bits per heavy atom. The fourth-order valence-electron chi connectivity index (χ4n) is 3.95. The van der Waals surface area contributed by atoms with E-state index in [1.807, 2.05) is 58.1 Å². The topological polar surface area (TPSA) is 88.9 Å². The van der Waals surface area contributed by atoms with Crippen molar-refractivity contribution in [3.8, 4) is 22.7 Å². The number of aliphatic hydroxyl groups excluding tert-OH is 1. The number of ether oxygens (including phenoxy) is 2. The Hall–Kier alpha value is -3.07. The van der Waals surface area contributed by atoms with Gasteiger partial charge in [-0.15, -0.1) is 0 Å². The molecule has 4 rings (SSSR count). The van der Waals surface area contributed by atoms with Gasteiger partial charge in [0.1, 0.15) is 23.3 Å². The summed E-state index contributed by atoms with van der Waals surface area (Å²) in [5.41, 5.74) is 3.94. The monoisotopic (exact) mass is 484 g/mol. The minimum absolute atomic E-state index is 0.0436. The van der Waals surface area contributed by atoms with Gasteiger partial charge in [0, 0.05) is 29.2 Å². The van der Waals surface area contributed by atoms with Gasteiger partial charge in [-0.2, -0.15) is 5.10 Å². The van der Waals surface area contributed by atoms with Gasteiger partial charge < -0.3 is 19.9 Å². The van der Waals surface area contributed by atoms with Crippen molar-refractivity contribution in [1.82, 2.24) is 20.0 Å². The van der Waals surface area contributed by atoms with Gasteiger partial charge in [-0.25, -0.2) is 9.48 Å². The van der Waals surface area contributed by atoms with Gasteiger partial charge in [-0.05, 0) is 45.0 Å². The number of benzene rings is 2. The lowest BCUT2D eigenvalue weighted by Crippen LogP contribution is -2.43. The van der Waals surface area contributed by atoms with Crippen molar-refractivity contribution in [3.63, 3.8) is 0 Å². The molecule has 0 radical (unpaired) electrons. The summed E-state index contributed by atoms with van der Waals surface area (Å²) in [5, 5.41) is 18.9. The zero-order valence-corrected chi connectivity index (χ0v) is 20.5. The molecule has 2 N–H and O–H groups in total. The van der Waals surface area contributed by atoms with Crippen molar-refractivity contribution in [2.75, 3.05) is 13.7 Å². The van der Waals surface area contributed by atoms with Crippen LogP contribution in [0.25, 0.3) is 16.9 Å². The number of carbonyl (C=O) groups is 1. The van der Waals surface area contributed by atoms with E-state index in [-0.39, 0.29) is 6.54 Å². The molecule has 8 nitrogen and oxygen atoms in total. The first-order valence-electron chi connectivity index (χ1n) is 11.1. The van der Waals surface area contributed by atoms with Crippen molar-refractivity contribution in [3.05, 3.63) is 64.8 Å². The number of amides is 1. The summed E-state index contributed by atoms with van der Waals surface area (Å²) in [6.45, 7) is 6.33. The highest BCUT2D eigenvalue weighted by atomic mass is 35.5. The van der Waals surface area contributed by atoms with Crippen LogP contribution in [0.1, 0.15) is 32.0 Å². The van der Waals surface area contributed by atoms with Gasteiger partial charge in [-0.1, -0.05) is 35.9 Å². The maximum absolute atomic E-state index is 12.0. The van der Waals surface area contributed by atoms with E-state index in [4.69, 9.17) is 26.2 Å². The number of nitrogens with zero attached hydrogens (tertiary/aromatic N) is 3. The number of carbonyl (C=O) groups excluding carboxylic acids is 1. The van der Waals surface area contributed by atoms with E-state index < -0.39 is 17.9 Å². The number of fused-ring (bicyclic) bond motifs is 1. The highest BCUT2D eigenvalue weighted by molar-refractivity contribution is 6.30. The standard InChI is InChI=1S/C25H29ClN4O4/c1-25(2,3)34-24(32)27-13-22(31)29-14-18-19(15-29)28-30(20-7-5-6-8-21(20)33-4)23(18)16-9-11-17(26)12-10-16/h5-12,22,31H,13-15H2,1-4H3,(H,27,32). The highest BCUT2D eigenvalue weighted by Crippen LogP contribution is 2.37. The molecule has 0 bridgehead atoms. The number of aromatic nitrogens is 2. The summed E-state index contributed by atoms with van der Waals surface area (Å²) in [6, 6.07) is 15.3. The van der Waals surface area contributed by atoms with E-state index in [0.29, 0.717) is 23.9 Å². The quantitative estimate of drug-likeness (QED) is 0.540. The van der Waals surface area contributed by atoms with Gasteiger partial charge >= 0.3 is 6.09 Å². The van der Waals surface area contributed by atoms with Crippen molar-refractivity contribution in [2.45, 2.75) is 45.7 Å². The Kier molecular flexibility index (Phi) is 6.84. The SMILES string of the molecule is COc1ccccc1-n1nc2c(c1-c1ccc(Cl)cc1)CN(C(O)CNC(=O)OC(C)(C)C)C2. The van der Waals surface area contributed by atoms with Crippen molar-refractivity contribution in [2.24, 2.45) is 0 Å². The molecule has 180 valence electrons. The van der Waals surface area contributed by atoms with Crippen LogP contribution in [0.4, 0.5) is 4.79 Å². The van der Waals surface area contributed by atoms with Crippen molar-refractivity contribution in [1.29, 1.82) is 0 Å². The Labute approximate surface area is 204 Å². The molecule has 1 aliphatic heterocycles. The van der Waals surface area contributed by atoms with E-state index in [0.717, 1.165) is 28.2 Å². The molecule has 1 unspecified atom stereocenters. The third-order valence-corrected chi connectivity index (χ3v) is 5.71. The predicted octanol–water partition coefficient (Wildman–Crippen LogP) is 4.36. The van der Waals surface area contributed by atoms with Crippen LogP contribution in [0.15, 0.2) is 48.5 Å². The van der Waals surface area contributed by atoms with Gasteiger partial charge in [0.2, 0.25) is 0 Å². The summed E-state index contributed by atoms with van der Waals surface area (Å²) in [5.74, 6) is 0.706. The molecule has 0 saturated carbocycles. The molecule has 0 fully saturated rings. The fourth-order valence-corrected chi connectivity index (χ4v) is 4.08. The van der Waals surface area contributed by atoms with Crippen LogP contribution >= 0.6 is 11.6 Å². The Morgan fingerprint density at radius 2 is 1.88 bits per heavy atom. The van der Waals surface area contributed by atoms with Gasteiger partial charge in [0.25, 0.3) is 0 Å². The second kappa shape index (κ2) is 9.66. The second-order valence-electron chi connectivity index (χ2n) is 9.13. The molecule has 1 aromatic heterocycles. The van der Waals surface area contributed by atoms with Crippen LogP contribution in [0.2, 0.25) is 5.02 Å². The second-order valence-corrected chi connectivity index (χ2v) is 9.57. The zero-order chi connectivity index (χ0) is 24.5. The third kappa shape index (κ3) is 5.19. The van der Waals surface area contributed by atoms with Gasteiger partial charge in [0.05, 0.1) is 25.0 Å². The molecule has 3 aromatic rings. The smallest absolute Gasteiger partial charge is 0.407 e. The first kappa shape index (κ1) is 24.1. The average Bonchev–Trinajstić information content (AvgIpc) is 3.35. The average molecular weight is 485 g/mol. The van der Waals surface area contributed by atoms with E-state index in [2.05, 4.69) is 5.32 Å². The van der Waals surface area contributed by atoms with Crippen molar-refractivity contribution >= 4 is 17.7 Å². The van der Waals surface area contributed by atoms with E-state index in [9.17, 15) is 9.90 Å². The third-order valence-electron chi connectivity index (χ3n) is 5.46. The van der Waals surface area contributed by atoms with Crippen LogP contribution in [0, 0.1) is 0 Å². The predicted molar refractivity (Wildman–Crippen MR) is 130 cm³/mol. The number of hydrogen-bond acceptors (Lipinski definition) is 6. The first-order chi connectivity index (χ1) is 16.2. The number of methoxy groups -OCH3 is 1. The largest absolute Gasteiger partial charge is 0.494 e. The number of rotatable bonds is 6. The number of hydrogen-bond donors (Lipinski definition) is 2. The summed E-state index contributed by atoms with van der Waals surface area (Å²) in [7, 11) is 1.63. The number of nitrogens with one attached hydrogen (secondary N) is 1. The first-order valence-corrected chi connectivity index (χ1v) is 11.4. The van der Waals surface area contributed by atoms with Crippen LogP contribution in [-0.2, 0) is 17.8 Å². The number of aliphatic hydroxyl groups is 1. The van der Waals surface area contributed by atoms with E-state index >= 15 is 0 Å². The molecule has 2 aromatic carbocycles. The van der Waals surface area contributed by atoms with Crippen LogP contribution in [-0.4, -0.2) is 51.4 Å². The van der Waals surface area contributed by atoms with E-state index in [1.54, 1.807) is 27.9 Å². The molecule has 1 aliphatic rings. The summed E-state index contributed by atoms with van der Waals surface area (Å²) >= 11 is 6.13.